The number of carbonyl (C=O) groups is 3. The van der Waals surface area contributed by atoms with Crippen LogP contribution in [0.4, 0.5) is 0 Å². The van der Waals surface area contributed by atoms with Gasteiger partial charge in [-0.3, -0.25) is 14.4 Å². The lowest BCUT2D eigenvalue weighted by Crippen LogP contribution is -2.32. The fourth-order valence-electron chi connectivity index (χ4n) is 4.04. The first-order chi connectivity index (χ1) is 18.6. The molecule has 1 aliphatic rings. The average molecular weight is 561 g/mol. The normalized spacial score (nSPS) is 17.9. The highest BCUT2D eigenvalue weighted by Crippen LogP contribution is 2.22. The molecule has 10 heteroatoms. The van der Waals surface area contributed by atoms with Crippen molar-refractivity contribution in [3.63, 3.8) is 0 Å². The van der Waals surface area contributed by atoms with Crippen molar-refractivity contribution in [3.8, 4) is 0 Å². The highest BCUT2D eigenvalue weighted by Gasteiger charge is 2.33. The molecule has 1 heterocycles. The number of carbonyl (C=O) groups excluding carboxylic acids is 3. The summed E-state index contributed by atoms with van der Waals surface area (Å²) in [6, 6.07) is 0. The first-order valence-corrected chi connectivity index (χ1v) is 14.8. The standard InChI is InChI=1S/C29H52O10/c1-5-7-9-11-13-15-25(30)34-19-23(38-28(33)16-14-12-10-8-6-2)20-35-26(31)17-18-27(32)36-21-24-22-37-29(3,4)39-24/h23-24,28,33H,5-22H2,1-4H3. The van der Waals surface area contributed by atoms with Crippen molar-refractivity contribution in [2.45, 2.75) is 142 Å². The SMILES string of the molecule is CCCCCCCC(=O)OCC(COC(=O)CCC(=O)OCC1COC(C)(C)O1)OC(O)CCCCCCC. The molecule has 1 fully saturated rings. The molecule has 3 atom stereocenters. The van der Waals surface area contributed by atoms with E-state index < -0.39 is 30.1 Å². The third kappa shape index (κ3) is 19.0. The third-order valence-corrected chi connectivity index (χ3v) is 6.28. The Morgan fingerprint density at radius 2 is 1.33 bits per heavy atom. The molecule has 228 valence electrons. The van der Waals surface area contributed by atoms with E-state index in [1.165, 1.54) is 0 Å². The third-order valence-electron chi connectivity index (χ3n) is 6.28. The number of unbranched alkanes of at least 4 members (excludes halogenated alkanes) is 8. The molecule has 1 saturated heterocycles. The van der Waals surface area contributed by atoms with Crippen LogP contribution in [0.15, 0.2) is 0 Å². The number of aliphatic hydroxyl groups excluding tert-OH is 1. The van der Waals surface area contributed by atoms with Crippen molar-refractivity contribution in [1.29, 1.82) is 0 Å². The molecule has 0 spiro atoms. The Morgan fingerprint density at radius 3 is 1.90 bits per heavy atom. The van der Waals surface area contributed by atoms with Crippen molar-refractivity contribution < 1.29 is 47.9 Å². The molecule has 0 aromatic carbocycles. The molecule has 1 N–H and O–H groups in total. The van der Waals surface area contributed by atoms with Gasteiger partial charge in [-0.25, -0.2) is 0 Å². The van der Waals surface area contributed by atoms with Crippen LogP contribution in [0.2, 0.25) is 0 Å². The van der Waals surface area contributed by atoms with Crippen LogP contribution in [0, 0.1) is 0 Å². The zero-order valence-corrected chi connectivity index (χ0v) is 24.6. The zero-order chi connectivity index (χ0) is 28.9. The van der Waals surface area contributed by atoms with Crippen molar-refractivity contribution in [2.75, 3.05) is 26.4 Å². The van der Waals surface area contributed by atoms with E-state index in [4.69, 9.17) is 28.4 Å². The Kier molecular flexibility index (Phi) is 19.0. The number of rotatable bonds is 23. The van der Waals surface area contributed by atoms with E-state index in [2.05, 4.69) is 13.8 Å². The van der Waals surface area contributed by atoms with Crippen LogP contribution in [-0.2, 0) is 42.8 Å². The molecule has 0 saturated carbocycles. The van der Waals surface area contributed by atoms with Crippen LogP contribution in [0.3, 0.4) is 0 Å². The fraction of sp³-hybridized carbons (Fsp3) is 0.897. The van der Waals surface area contributed by atoms with Gasteiger partial charge in [0.1, 0.15) is 32.0 Å². The van der Waals surface area contributed by atoms with Gasteiger partial charge in [-0.2, -0.15) is 0 Å². The summed E-state index contributed by atoms with van der Waals surface area (Å²) in [4.78, 5) is 36.3. The minimum atomic E-state index is -1.05. The van der Waals surface area contributed by atoms with Crippen LogP contribution >= 0.6 is 0 Å². The fourth-order valence-corrected chi connectivity index (χ4v) is 4.04. The van der Waals surface area contributed by atoms with E-state index in [1.807, 2.05) is 0 Å². The smallest absolute Gasteiger partial charge is 0.306 e. The second-order valence-corrected chi connectivity index (χ2v) is 10.6. The molecular formula is C29H52O10. The summed E-state index contributed by atoms with van der Waals surface area (Å²) >= 11 is 0. The molecule has 10 nitrogen and oxygen atoms in total. The Morgan fingerprint density at radius 1 is 0.795 bits per heavy atom. The largest absolute Gasteiger partial charge is 0.463 e. The van der Waals surface area contributed by atoms with Gasteiger partial charge in [-0.05, 0) is 33.1 Å². The van der Waals surface area contributed by atoms with Crippen LogP contribution in [0.1, 0.15) is 118 Å². The number of hydrogen-bond acceptors (Lipinski definition) is 10. The van der Waals surface area contributed by atoms with Crippen LogP contribution in [0.5, 0.6) is 0 Å². The van der Waals surface area contributed by atoms with Gasteiger partial charge in [0.05, 0.1) is 19.4 Å². The Hall–Kier alpha value is -1.75. The van der Waals surface area contributed by atoms with E-state index in [9.17, 15) is 19.5 Å². The Labute approximate surface area is 234 Å². The van der Waals surface area contributed by atoms with Crippen molar-refractivity contribution >= 4 is 17.9 Å². The van der Waals surface area contributed by atoms with Gasteiger partial charge in [-0.15, -0.1) is 0 Å². The predicted octanol–water partition coefficient (Wildman–Crippen LogP) is 4.97. The van der Waals surface area contributed by atoms with Gasteiger partial charge in [0.2, 0.25) is 0 Å². The first-order valence-electron chi connectivity index (χ1n) is 14.8. The summed E-state index contributed by atoms with van der Waals surface area (Å²) in [6.07, 6.45) is 8.53. The summed E-state index contributed by atoms with van der Waals surface area (Å²) in [5.41, 5.74) is 0. The maximum Gasteiger partial charge on any atom is 0.306 e. The molecule has 3 unspecified atom stereocenters. The molecule has 0 aromatic rings. The van der Waals surface area contributed by atoms with Gasteiger partial charge in [0.15, 0.2) is 12.1 Å². The molecular weight excluding hydrogens is 508 g/mol. The lowest BCUT2D eigenvalue weighted by atomic mass is 10.1. The maximum absolute atomic E-state index is 12.2. The summed E-state index contributed by atoms with van der Waals surface area (Å²) in [5, 5.41) is 10.3. The van der Waals surface area contributed by atoms with Gasteiger partial charge >= 0.3 is 17.9 Å². The molecule has 0 amide bonds. The van der Waals surface area contributed by atoms with Crippen LogP contribution in [-0.4, -0.2) is 73.7 Å². The number of ether oxygens (including phenoxy) is 6. The van der Waals surface area contributed by atoms with Gasteiger partial charge in [0, 0.05) is 6.42 Å². The maximum atomic E-state index is 12.2. The summed E-state index contributed by atoms with van der Waals surface area (Å²) < 4.78 is 32.4. The number of hydrogen-bond donors (Lipinski definition) is 1. The van der Waals surface area contributed by atoms with Crippen molar-refractivity contribution in [2.24, 2.45) is 0 Å². The lowest BCUT2D eigenvalue weighted by Gasteiger charge is -2.21. The zero-order valence-electron chi connectivity index (χ0n) is 24.6. The lowest BCUT2D eigenvalue weighted by molar-refractivity contribution is -0.183. The van der Waals surface area contributed by atoms with Gasteiger partial charge < -0.3 is 33.5 Å². The second kappa shape index (κ2) is 21.1. The Bertz CT molecular complexity index is 681. The molecule has 0 aliphatic carbocycles. The molecule has 1 rings (SSSR count). The highest BCUT2D eigenvalue weighted by molar-refractivity contribution is 5.77. The van der Waals surface area contributed by atoms with E-state index in [1.54, 1.807) is 13.8 Å². The van der Waals surface area contributed by atoms with Crippen LogP contribution < -0.4 is 0 Å². The molecule has 1 aliphatic heterocycles. The van der Waals surface area contributed by atoms with E-state index in [-0.39, 0.29) is 44.7 Å². The molecule has 0 radical (unpaired) electrons. The first kappa shape index (κ1) is 35.3. The summed E-state index contributed by atoms with van der Waals surface area (Å²) in [5.74, 6) is -2.20. The predicted molar refractivity (Wildman–Crippen MR) is 145 cm³/mol. The van der Waals surface area contributed by atoms with Crippen molar-refractivity contribution in [1.82, 2.24) is 0 Å². The van der Waals surface area contributed by atoms with E-state index in [0.717, 1.165) is 64.2 Å². The average Bonchev–Trinajstić information content (AvgIpc) is 3.25. The summed E-state index contributed by atoms with van der Waals surface area (Å²) in [7, 11) is 0. The second-order valence-electron chi connectivity index (χ2n) is 10.6. The topological polar surface area (TPSA) is 127 Å². The Balaban J connectivity index is 2.39. The summed E-state index contributed by atoms with van der Waals surface area (Å²) in [6.45, 7) is 7.89. The molecule has 0 bridgehead atoms. The quantitative estimate of drug-likeness (QED) is 0.0792. The van der Waals surface area contributed by atoms with Crippen molar-refractivity contribution in [3.05, 3.63) is 0 Å². The van der Waals surface area contributed by atoms with E-state index in [0.29, 0.717) is 19.4 Å². The monoisotopic (exact) mass is 560 g/mol. The minimum absolute atomic E-state index is 0.0491. The molecule has 0 aromatic heterocycles. The van der Waals surface area contributed by atoms with Gasteiger partial charge in [0.25, 0.3) is 0 Å². The molecule has 39 heavy (non-hydrogen) atoms. The minimum Gasteiger partial charge on any atom is -0.463 e. The van der Waals surface area contributed by atoms with Crippen LogP contribution in [0.25, 0.3) is 0 Å². The van der Waals surface area contributed by atoms with E-state index >= 15 is 0 Å². The highest BCUT2D eigenvalue weighted by atomic mass is 16.7. The number of esters is 3. The number of aliphatic hydroxyl groups is 1. The van der Waals surface area contributed by atoms with Gasteiger partial charge in [-0.1, -0.05) is 65.2 Å².